The number of halogens is 4. The van der Waals surface area contributed by atoms with E-state index in [2.05, 4.69) is 0 Å². The van der Waals surface area contributed by atoms with Gasteiger partial charge in [-0.3, -0.25) is 4.79 Å². The van der Waals surface area contributed by atoms with Gasteiger partial charge in [0.05, 0.1) is 6.61 Å². The molecule has 2 nitrogen and oxygen atoms in total. The van der Waals surface area contributed by atoms with E-state index in [1.807, 2.05) is 22.6 Å². The van der Waals surface area contributed by atoms with Crippen molar-refractivity contribution >= 4 is 28.4 Å². The Bertz CT molecular complexity index is 441. The molecule has 0 radical (unpaired) electrons. The third-order valence-electron chi connectivity index (χ3n) is 2.03. The predicted octanol–water partition coefficient (Wildman–Crippen LogP) is 3.91. The van der Waals surface area contributed by atoms with E-state index in [1.165, 1.54) is 12.1 Å². The highest BCUT2D eigenvalue weighted by Gasteiger charge is 2.38. The van der Waals surface area contributed by atoms with Crippen LogP contribution < -0.4 is 4.74 Å². The van der Waals surface area contributed by atoms with Crippen LogP contribution in [0.3, 0.4) is 0 Å². The number of benzene rings is 1. The Morgan fingerprint density at radius 1 is 1.41 bits per heavy atom. The SMILES string of the molecule is CCOc1cc(I)cc(C(C)=O)c1C(F)(F)F. The van der Waals surface area contributed by atoms with Crippen molar-refractivity contribution in [1.29, 1.82) is 0 Å². The molecular weight excluding hydrogens is 348 g/mol. The lowest BCUT2D eigenvalue weighted by atomic mass is 10.0. The van der Waals surface area contributed by atoms with Crippen LogP contribution in [0.5, 0.6) is 5.75 Å². The maximum absolute atomic E-state index is 12.9. The highest BCUT2D eigenvalue weighted by atomic mass is 127. The molecule has 0 spiro atoms. The van der Waals surface area contributed by atoms with Crippen molar-refractivity contribution in [3.63, 3.8) is 0 Å². The molecule has 0 aliphatic carbocycles. The second-order valence-electron chi connectivity index (χ2n) is 3.31. The molecule has 1 rings (SSSR count). The van der Waals surface area contributed by atoms with Crippen LogP contribution >= 0.6 is 22.6 Å². The van der Waals surface area contributed by atoms with Crippen molar-refractivity contribution in [1.82, 2.24) is 0 Å². The van der Waals surface area contributed by atoms with Crippen molar-refractivity contribution in [2.45, 2.75) is 20.0 Å². The van der Waals surface area contributed by atoms with E-state index in [4.69, 9.17) is 4.74 Å². The number of ketones is 1. The van der Waals surface area contributed by atoms with Crippen molar-refractivity contribution < 1.29 is 22.7 Å². The number of alkyl halides is 3. The second kappa shape index (κ2) is 5.24. The standard InChI is InChI=1S/C11H10F3IO2/c1-3-17-9-5-7(15)4-8(6(2)16)10(9)11(12,13)14/h4-5H,3H2,1-2H3. The first-order valence-electron chi connectivity index (χ1n) is 4.81. The Morgan fingerprint density at radius 2 is 2.00 bits per heavy atom. The summed E-state index contributed by atoms with van der Waals surface area (Å²) in [6.45, 7) is 2.81. The molecule has 0 aromatic heterocycles. The van der Waals surface area contributed by atoms with Gasteiger partial charge < -0.3 is 4.74 Å². The zero-order valence-electron chi connectivity index (χ0n) is 9.19. The Labute approximate surface area is 110 Å². The van der Waals surface area contributed by atoms with Crippen LogP contribution in [0.4, 0.5) is 13.2 Å². The van der Waals surface area contributed by atoms with Crippen LogP contribution in [0.1, 0.15) is 29.8 Å². The molecule has 0 atom stereocenters. The van der Waals surface area contributed by atoms with Gasteiger partial charge in [-0.15, -0.1) is 0 Å². The fourth-order valence-electron chi connectivity index (χ4n) is 1.42. The summed E-state index contributed by atoms with van der Waals surface area (Å²) in [5, 5.41) is 0. The minimum Gasteiger partial charge on any atom is -0.493 e. The molecule has 0 aliphatic heterocycles. The predicted molar refractivity (Wildman–Crippen MR) is 65.3 cm³/mol. The molecule has 0 saturated carbocycles. The van der Waals surface area contributed by atoms with Crippen LogP contribution in [0, 0.1) is 3.57 Å². The fraction of sp³-hybridized carbons (Fsp3) is 0.364. The van der Waals surface area contributed by atoms with E-state index in [0.29, 0.717) is 3.57 Å². The topological polar surface area (TPSA) is 26.3 Å². The molecule has 0 amide bonds. The van der Waals surface area contributed by atoms with E-state index in [1.54, 1.807) is 6.92 Å². The number of ether oxygens (including phenoxy) is 1. The Balaban J connectivity index is 3.53. The van der Waals surface area contributed by atoms with Gasteiger partial charge in [0.15, 0.2) is 5.78 Å². The molecule has 0 N–H and O–H groups in total. The van der Waals surface area contributed by atoms with E-state index < -0.39 is 17.5 Å². The first-order valence-corrected chi connectivity index (χ1v) is 5.89. The Hall–Kier alpha value is -0.790. The number of carbonyl (C=O) groups excluding carboxylic acids is 1. The zero-order chi connectivity index (χ0) is 13.2. The third kappa shape index (κ3) is 3.34. The highest BCUT2D eigenvalue weighted by molar-refractivity contribution is 14.1. The van der Waals surface area contributed by atoms with E-state index in [-0.39, 0.29) is 17.9 Å². The summed E-state index contributed by atoms with van der Waals surface area (Å²) in [5.74, 6) is -0.922. The van der Waals surface area contributed by atoms with Gasteiger partial charge in [0.1, 0.15) is 11.3 Å². The minimum absolute atomic E-state index is 0.112. The summed E-state index contributed by atoms with van der Waals surface area (Å²) in [4.78, 5) is 11.3. The third-order valence-corrected chi connectivity index (χ3v) is 2.65. The number of hydrogen-bond donors (Lipinski definition) is 0. The second-order valence-corrected chi connectivity index (χ2v) is 4.56. The normalized spacial score (nSPS) is 11.4. The molecule has 0 saturated heterocycles. The Morgan fingerprint density at radius 3 is 2.41 bits per heavy atom. The van der Waals surface area contributed by atoms with Gasteiger partial charge in [0.2, 0.25) is 0 Å². The molecule has 0 fully saturated rings. The molecule has 1 aromatic carbocycles. The van der Waals surface area contributed by atoms with Crippen molar-refractivity contribution in [3.8, 4) is 5.75 Å². The molecule has 1 aromatic rings. The molecule has 0 bridgehead atoms. The smallest absolute Gasteiger partial charge is 0.420 e. The van der Waals surface area contributed by atoms with E-state index >= 15 is 0 Å². The van der Waals surface area contributed by atoms with Crippen LogP contribution in [-0.4, -0.2) is 12.4 Å². The van der Waals surface area contributed by atoms with Crippen LogP contribution in [0.25, 0.3) is 0 Å². The van der Waals surface area contributed by atoms with Gasteiger partial charge in [0.25, 0.3) is 0 Å². The number of carbonyl (C=O) groups is 1. The quantitative estimate of drug-likeness (QED) is 0.605. The zero-order valence-corrected chi connectivity index (χ0v) is 11.3. The molecule has 0 heterocycles. The first kappa shape index (κ1) is 14.3. The summed E-state index contributed by atoms with van der Waals surface area (Å²) >= 11 is 1.85. The van der Waals surface area contributed by atoms with Gasteiger partial charge in [0, 0.05) is 9.13 Å². The molecular formula is C11H10F3IO2. The van der Waals surface area contributed by atoms with E-state index in [9.17, 15) is 18.0 Å². The van der Waals surface area contributed by atoms with Crippen LogP contribution in [-0.2, 0) is 6.18 Å². The molecule has 6 heteroatoms. The molecule has 0 aliphatic rings. The van der Waals surface area contributed by atoms with Crippen molar-refractivity contribution in [2.24, 2.45) is 0 Å². The molecule has 94 valence electrons. The summed E-state index contributed by atoms with van der Waals surface area (Å²) < 4.78 is 44.2. The number of hydrogen-bond acceptors (Lipinski definition) is 2. The molecule has 17 heavy (non-hydrogen) atoms. The summed E-state index contributed by atoms with van der Waals surface area (Å²) in [6.07, 6.45) is -4.60. The number of Topliss-reactive ketones (excluding diaryl/α,β-unsaturated/α-hetero) is 1. The van der Waals surface area contributed by atoms with Crippen LogP contribution in [0.2, 0.25) is 0 Å². The van der Waals surface area contributed by atoms with Gasteiger partial charge in [-0.05, 0) is 48.6 Å². The minimum atomic E-state index is -4.60. The van der Waals surface area contributed by atoms with Gasteiger partial charge in [-0.1, -0.05) is 0 Å². The number of rotatable bonds is 3. The lowest BCUT2D eigenvalue weighted by Gasteiger charge is -2.16. The summed E-state index contributed by atoms with van der Waals surface area (Å²) in [5.41, 5.74) is -1.35. The summed E-state index contributed by atoms with van der Waals surface area (Å²) in [7, 11) is 0. The average molecular weight is 358 g/mol. The maximum atomic E-state index is 12.9. The van der Waals surface area contributed by atoms with E-state index in [0.717, 1.165) is 6.92 Å². The fourth-order valence-corrected chi connectivity index (χ4v) is 2.02. The highest BCUT2D eigenvalue weighted by Crippen LogP contribution is 2.40. The largest absolute Gasteiger partial charge is 0.493 e. The Kier molecular flexibility index (Phi) is 4.40. The van der Waals surface area contributed by atoms with Crippen LogP contribution in [0.15, 0.2) is 12.1 Å². The monoisotopic (exact) mass is 358 g/mol. The first-order chi connectivity index (χ1) is 7.77. The van der Waals surface area contributed by atoms with Crippen molar-refractivity contribution in [3.05, 3.63) is 26.8 Å². The summed E-state index contributed by atoms with van der Waals surface area (Å²) in [6, 6.07) is 2.49. The van der Waals surface area contributed by atoms with Gasteiger partial charge >= 0.3 is 6.18 Å². The van der Waals surface area contributed by atoms with Gasteiger partial charge in [-0.2, -0.15) is 13.2 Å². The average Bonchev–Trinajstić information content (AvgIpc) is 2.14. The van der Waals surface area contributed by atoms with Gasteiger partial charge in [-0.25, -0.2) is 0 Å². The lowest BCUT2D eigenvalue weighted by molar-refractivity contribution is -0.139. The maximum Gasteiger partial charge on any atom is 0.420 e. The molecule has 0 unspecified atom stereocenters. The van der Waals surface area contributed by atoms with Crippen molar-refractivity contribution in [2.75, 3.05) is 6.61 Å². The lowest BCUT2D eigenvalue weighted by Crippen LogP contribution is -2.14.